The molecule has 1 aromatic rings. The molecule has 108 valence electrons. The fourth-order valence-corrected chi connectivity index (χ4v) is 2.48. The Bertz CT molecular complexity index is 499. The van der Waals surface area contributed by atoms with Crippen LogP contribution < -0.4 is 5.32 Å². The van der Waals surface area contributed by atoms with Crippen molar-refractivity contribution < 1.29 is 9.59 Å². The molecule has 5 heteroatoms. The third-order valence-corrected chi connectivity index (χ3v) is 3.72. The van der Waals surface area contributed by atoms with Crippen LogP contribution >= 0.6 is 0 Å². The lowest BCUT2D eigenvalue weighted by molar-refractivity contribution is -0.156. The molecule has 1 heterocycles. The van der Waals surface area contributed by atoms with E-state index < -0.39 is 5.54 Å². The van der Waals surface area contributed by atoms with Gasteiger partial charge in [-0.05, 0) is 26.0 Å². The first-order valence-corrected chi connectivity index (χ1v) is 6.78. The van der Waals surface area contributed by atoms with E-state index in [1.165, 1.54) is 0 Å². The number of benzene rings is 1. The zero-order chi connectivity index (χ0) is 14.8. The number of hydrogen-bond acceptors (Lipinski definition) is 3. The predicted octanol–water partition coefficient (Wildman–Crippen LogP) is 1.18. The highest BCUT2D eigenvalue weighted by atomic mass is 16.2. The van der Waals surface area contributed by atoms with Crippen LogP contribution in [-0.4, -0.2) is 53.8 Å². The Balaban J connectivity index is 2.00. The Morgan fingerprint density at radius 1 is 1.25 bits per heavy atom. The zero-order valence-corrected chi connectivity index (χ0v) is 12.2. The van der Waals surface area contributed by atoms with Crippen molar-refractivity contribution in [3.8, 4) is 0 Å². The maximum absolute atomic E-state index is 12.3. The molecule has 0 atom stereocenters. The first-order valence-electron chi connectivity index (χ1n) is 6.78. The topological polar surface area (TPSA) is 52.6 Å². The number of piperazine rings is 1. The van der Waals surface area contributed by atoms with Crippen LogP contribution in [0.5, 0.6) is 0 Å². The lowest BCUT2D eigenvalue weighted by Gasteiger charge is -2.44. The summed E-state index contributed by atoms with van der Waals surface area (Å²) in [6.07, 6.45) is 0. The van der Waals surface area contributed by atoms with E-state index in [-0.39, 0.29) is 18.4 Å². The summed E-state index contributed by atoms with van der Waals surface area (Å²) < 4.78 is 0. The molecule has 1 fully saturated rings. The molecule has 0 spiro atoms. The van der Waals surface area contributed by atoms with Crippen molar-refractivity contribution in [2.75, 3.05) is 32.0 Å². The molecule has 20 heavy (non-hydrogen) atoms. The number of anilines is 1. The Morgan fingerprint density at radius 3 is 2.55 bits per heavy atom. The third kappa shape index (κ3) is 2.76. The molecule has 0 bridgehead atoms. The maximum Gasteiger partial charge on any atom is 0.247 e. The standard InChI is InChI=1S/C15H21N3O2/c1-15(2)14(20)17(3)9-10-18(15)13(19)11-16-12-7-5-4-6-8-12/h4-8,16H,9-11H2,1-3H3. The van der Waals surface area contributed by atoms with Gasteiger partial charge < -0.3 is 15.1 Å². The highest BCUT2D eigenvalue weighted by Gasteiger charge is 2.42. The van der Waals surface area contributed by atoms with Crippen LogP contribution in [0, 0.1) is 0 Å². The normalized spacial score (nSPS) is 18.1. The number of carbonyl (C=O) groups excluding carboxylic acids is 2. The number of amides is 2. The van der Waals surface area contributed by atoms with E-state index in [1.54, 1.807) is 30.7 Å². The fourth-order valence-electron chi connectivity index (χ4n) is 2.48. The Kier molecular flexibility index (Phi) is 3.97. The summed E-state index contributed by atoms with van der Waals surface area (Å²) >= 11 is 0. The number of para-hydroxylation sites is 1. The first-order chi connectivity index (χ1) is 9.43. The molecule has 0 aliphatic carbocycles. The van der Waals surface area contributed by atoms with Gasteiger partial charge in [-0.3, -0.25) is 9.59 Å². The van der Waals surface area contributed by atoms with Crippen molar-refractivity contribution >= 4 is 17.5 Å². The quantitative estimate of drug-likeness (QED) is 0.901. The second-order valence-corrected chi connectivity index (χ2v) is 5.55. The van der Waals surface area contributed by atoms with Crippen molar-refractivity contribution in [3.05, 3.63) is 30.3 Å². The average molecular weight is 275 g/mol. The van der Waals surface area contributed by atoms with Crippen LogP contribution in [0.3, 0.4) is 0 Å². The van der Waals surface area contributed by atoms with Gasteiger partial charge in [0.05, 0.1) is 6.54 Å². The molecular formula is C15H21N3O2. The van der Waals surface area contributed by atoms with Crippen LogP contribution in [0.1, 0.15) is 13.8 Å². The summed E-state index contributed by atoms with van der Waals surface area (Å²) in [5.41, 5.74) is 0.127. The van der Waals surface area contributed by atoms with Gasteiger partial charge in [0.2, 0.25) is 11.8 Å². The average Bonchev–Trinajstić information content (AvgIpc) is 2.43. The number of rotatable bonds is 3. The van der Waals surface area contributed by atoms with Gasteiger partial charge in [-0.1, -0.05) is 18.2 Å². The zero-order valence-electron chi connectivity index (χ0n) is 12.2. The van der Waals surface area contributed by atoms with Gasteiger partial charge in [0, 0.05) is 25.8 Å². The van der Waals surface area contributed by atoms with Gasteiger partial charge in [-0.25, -0.2) is 0 Å². The van der Waals surface area contributed by atoms with Gasteiger partial charge in [0.25, 0.3) is 0 Å². The Morgan fingerprint density at radius 2 is 1.90 bits per heavy atom. The summed E-state index contributed by atoms with van der Waals surface area (Å²) in [5, 5.41) is 3.09. The van der Waals surface area contributed by atoms with Crippen LogP contribution in [-0.2, 0) is 9.59 Å². The summed E-state index contributed by atoms with van der Waals surface area (Å²) in [5.74, 6) is -0.0721. The number of carbonyl (C=O) groups is 2. The van der Waals surface area contributed by atoms with Gasteiger partial charge in [-0.2, -0.15) is 0 Å². The highest BCUT2D eigenvalue weighted by molar-refractivity contribution is 5.93. The molecule has 0 radical (unpaired) electrons. The molecule has 1 N–H and O–H groups in total. The molecule has 1 aliphatic rings. The predicted molar refractivity (Wildman–Crippen MR) is 78.4 cm³/mol. The molecule has 0 saturated carbocycles. The lowest BCUT2D eigenvalue weighted by atomic mass is 9.97. The van der Waals surface area contributed by atoms with Gasteiger partial charge in [-0.15, -0.1) is 0 Å². The van der Waals surface area contributed by atoms with Crippen LogP contribution in [0.2, 0.25) is 0 Å². The van der Waals surface area contributed by atoms with E-state index in [0.29, 0.717) is 13.1 Å². The van der Waals surface area contributed by atoms with Crippen LogP contribution in [0.15, 0.2) is 30.3 Å². The second kappa shape index (κ2) is 5.53. The van der Waals surface area contributed by atoms with Gasteiger partial charge in [0.15, 0.2) is 0 Å². The summed E-state index contributed by atoms with van der Waals surface area (Å²) in [6.45, 7) is 4.95. The van der Waals surface area contributed by atoms with Crippen molar-refractivity contribution in [2.45, 2.75) is 19.4 Å². The van der Waals surface area contributed by atoms with Crippen molar-refractivity contribution in [1.82, 2.24) is 9.80 Å². The largest absolute Gasteiger partial charge is 0.376 e. The highest BCUT2D eigenvalue weighted by Crippen LogP contribution is 2.21. The van der Waals surface area contributed by atoms with E-state index in [0.717, 1.165) is 5.69 Å². The SMILES string of the molecule is CN1CCN(C(=O)CNc2ccccc2)C(C)(C)C1=O. The molecule has 5 nitrogen and oxygen atoms in total. The maximum atomic E-state index is 12.3. The van der Waals surface area contributed by atoms with Crippen molar-refractivity contribution in [1.29, 1.82) is 0 Å². The van der Waals surface area contributed by atoms with Gasteiger partial charge >= 0.3 is 0 Å². The number of likely N-dealkylation sites (N-methyl/N-ethyl adjacent to an activating group) is 1. The monoisotopic (exact) mass is 275 g/mol. The third-order valence-electron chi connectivity index (χ3n) is 3.72. The minimum absolute atomic E-state index is 0.0168. The molecule has 1 saturated heterocycles. The Hall–Kier alpha value is -2.04. The number of nitrogens with one attached hydrogen (secondary N) is 1. The Labute approximate surface area is 119 Å². The molecule has 2 amide bonds. The molecule has 1 aliphatic heterocycles. The minimum Gasteiger partial charge on any atom is -0.376 e. The van der Waals surface area contributed by atoms with E-state index in [4.69, 9.17) is 0 Å². The van der Waals surface area contributed by atoms with Crippen molar-refractivity contribution in [3.63, 3.8) is 0 Å². The molecule has 1 aromatic carbocycles. The summed E-state index contributed by atoms with van der Waals surface area (Å²) in [4.78, 5) is 27.8. The number of nitrogens with zero attached hydrogens (tertiary/aromatic N) is 2. The van der Waals surface area contributed by atoms with E-state index in [1.807, 2.05) is 30.3 Å². The summed E-state index contributed by atoms with van der Waals surface area (Å²) in [7, 11) is 1.77. The first kappa shape index (κ1) is 14.4. The van der Waals surface area contributed by atoms with Crippen LogP contribution in [0.4, 0.5) is 5.69 Å². The summed E-state index contributed by atoms with van der Waals surface area (Å²) in [6, 6.07) is 9.57. The van der Waals surface area contributed by atoms with E-state index >= 15 is 0 Å². The van der Waals surface area contributed by atoms with Crippen molar-refractivity contribution in [2.24, 2.45) is 0 Å². The fraction of sp³-hybridized carbons (Fsp3) is 0.467. The molecular weight excluding hydrogens is 254 g/mol. The molecule has 2 rings (SSSR count). The van der Waals surface area contributed by atoms with Crippen LogP contribution in [0.25, 0.3) is 0 Å². The van der Waals surface area contributed by atoms with Gasteiger partial charge in [0.1, 0.15) is 5.54 Å². The molecule has 0 aromatic heterocycles. The second-order valence-electron chi connectivity index (χ2n) is 5.55. The molecule has 0 unspecified atom stereocenters. The number of hydrogen-bond donors (Lipinski definition) is 1. The van der Waals surface area contributed by atoms with E-state index in [2.05, 4.69) is 5.32 Å². The van der Waals surface area contributed by atoms with E-state index in [9.17, 15) is 9.59 Å². The lowest BCUT2D eigenvalue weighted by Crippen LogP contribution is -2.64. The minimum atomic E-state index is -0.775. The smallest absolute Gasteiger partial charge is 0.247 e.